The highest BCUT2D eigenvalue weighted by Gasteiger charge is 2.31. The normalized spacial score (nSPS) is 17.3. The van der Waals surface area contributed by atoms with Gasteiger partial charge in [0.1, 0.15) is 0 Å². The molecule has 166 valence electrons. The molecular weight excluding hydrogens is 453 g/mol. The molecule has 2 heterocycles. The summed E-state index contributed by atoms with van der Waals surface area (Å²) in [5.74, 6) is -0.566. The number of carboxylic acid groups (broad SMARTS) is 1. The molecule has 10 heteroatoms. The number of nitrogens with zero attached hydrogens (tertiary/aromatic N) is 3. The summed E-state index contributed by atoms with van der Waals surface area (Å²) in [6.07, 6.45) is 0.964. The SMILES string of the molecule is O=C(O)CCCC(=O)Nc1nc2n(n1)[C@H](c1ccc(Cl)cc1)C[C@H](c1ccc(Cl)cc1)N2. The van der Waals surface area contributed by atoms with Gasteiger partial charge in [-0.3, -0.25) is 14.9 Å². The molecule has 0 radical (unpaired) electrons. The summed E-state index contributed by atoms with van der Waals surface area (Å²) in [6.45, 7) is 0. The predicted octanol–water partition coefficient (Wildman–Crippen LogP) is 4.92. The van der Waals surface area contributed by atoms with E-state index in [0.29, 0.717) is 22.4 Å². The molecule has 0 bridgehead atoms. The molecule has 3 aromatic rings. The van der Waals surface area contributed by atoms with Crippen LogP contribution in [-0.2, 0) is 9.59 Å². The lowest BCUT2D eigenvalue weighted by molar-refractivity contribution is -0.137. The first-order valence-electron chi connectivity index (χ1n) is 10.1. The highest BCUT2D eigenvalue weighted by atomic mass is 35.5. The smallest absolute Gasteiger partial charge is 0.303 e. The second kappa shape index (κ2) is 9.58. The summed E-state index contributed by atoms with van der Waals surface area (Å²) in [4.78, 5) is 27.3. The second-order valence-electron chi connectivity index (χ2n) is 7.55. The van der Waals surface area contributed by atoms with Crippen LogP contribution in [0.5, 0.6) is 0 Å². The van der Waals surface area contributed by atoms with E-state index in [1.165, 1.54) is 0 Å². The van der Waals surface area contributed by atoms with Crippen LogP contribution in [0.4, 0.5) is 11.9 Å². The quantitative estimate of drug-likeness (QED) is 0.448. The summed E-state index contributed by atoms with van der Waals surface area (Å²) < 4.78 is 1.75. The Labute approximate surface area is 194 Å². The Kier molecular flexibility index (Phi) is 6.62. The van der Waals surface area contributed by atoms with E-state index in [-0.39, 0.29) is 43.2 Å². The van der Waals surface area contributed by atoms with E-state index in [0.717, 1.165) is 11.1 Å². The van der Waals surface area contributed by atoms with E-state index in [4.69, 9.17) is 28.3 Å². The van der Waals surface area contributed by atoms with Gasteiger partial charge in [0.25, 0.3) is 5.95 Å². The van der Waals surface area contributed by atoms with Gasteiger partial charge in [0.2, 0.25) is 11.9 Å². The number of carbonyl (C=O) groups is 2. The van der Waals surface area contributed by atoms with Crippen molar-refractivity contribution in [3.63, 3.8) is 0 Å². The van der Waals surface area contributed by atoms with Crippen LogP contribution < -0.4 is 10.6 Å². The van der Waals surface area contributed by atoms with Crippen LogP contribution in [0, 0.1) is 0 Å². The molecule has 4 rings (SSSR count). The molecule has 1 aromatic heterocycles. The molecule has 2 aromatic carbocycles. The highest BCUT2D eigenvalue weighted by Crippen LogP contribution is 2.38. The van der Waals surface area contributed by atoms with Crippen LogP contribution >= 0.6 is 23.2 Å². The number of amides is 1. The van der Waals surface area contributed by atoms with E-state index < -0.39 is 5.97 Å². The summed E-state index contributed by atoms with van der Waals surface area (Å²) >= 11 is 12.1. The average molecular weight is 474 g/mol. The van der Waals surface area contributed by atoms with Gasteiger partial charge in [0.05, 0.1) is 12.1 Å². The monoisotopic (exact) mass is 473 g/mol. The first-order valence-corrected chi connectivity index (χ1v) is 10.9. The van der Waals surface area contributed by atoms with Crippen LogP contribution in [0.15, 0.2) is 48.5 Å². The molecule has 0 spiro atoms. The van der Waals surface area contributed by atoms with Gasteiger partial charge in [-0.15, -0.1) is 5.10 Å². The van der Waals surface area contributed by atoms with Crippen molar-refractivity contribution in [2.75, 3.05) is 10.6 Å². The molecule has 8 nitrogen and oxygen atoms in total. The van der Waals surface area contributed by atoms with Crippen molar-refractivity contribution in [3.8, 4) is 0 Å². The van der Waals surface area contributed by atoms with Crippen LogP contribution in [-0.4, -0.2) is 31.7 Å². The van der Waals surface area contributed by atoms with Crippen molar-refractivity contribution in [1.82, 2.24) is 14.8 Å². The Balaban J connectivity index is 1.59. The fourth-order valence-corrected chi connectivity index (χ4v) is 3.95. The maximum absolute atomic E-state index is 12.2. The van der Waals surface area contributed by atoms with Crippen molar-refractivity contribution < 1.29 is 14.7 Å². The molecule has 32 heavy (non-hydrogen) atoms. The first-order chi connectivity index (χ1) is 15.4. The molecule has 3 N–H and O–H groups in total. The van der Waals surface area contributed by atoms with Crippen molar-refractivity contribution in [2.45, 2.75) is 37.8 Å². The van der Waals surface area contributed by atoms with Crippen LogP contribution in [0.1, 0.15) is 48.9 Å². The molecule has 0 saturated carbocycles. The Morgan fingerprint density at radius 1 is 1.03 bits per heavy atom. The van der Waals surface area contributed by atoms with E-state index in [1.54, 1.807) is 4.68 Å². The lowest BCUT2D eigenvalue weighted by atomic mass is 9.93. The number of carbonyl (C=O) groups excluding carboxylic acids is 1. The van der Waals surface area contributed by atoms with Crippen LogP contribution in [0.2, 0.25) is 10.0 Å². The highest BCUT2D eigenvalue weighted by molar-refractivity contribution is 6.30. The van der Waals surface area contributed by atoms with Gasteiger partial charge >= 0.3 is 5.97 Å². The van der Waals surface area contributed by atoms with Crippen molar-refractivity contribution >= 4 is 47.0 Å². The van der Waals surface area contributed by atoms with Crippen LogP contribution in [0.3, 0.4) is 0 Å². The summed E-state index contributed by atoms with van der Waals surface area (Å²) in [6, 6.07) is 15.0. The van der Waals surface area contributed by atoms with Crippen molar-refractivity contribution in [3.05, 3.63) is 69.7 Å². The summed E-state index contributed by atoms with van der Waals surface area (Å²) in [5, 5.41) is 20.6. The Bertz CT molecular complexity index is 1120. The Morgan fingerprint density at radius 2 is 1.66 bits per heavy atom. The maximum atomic E-state index is 12.2. The summed E-state index contributed by atoms with van der Waals surface area (Å²) in [7, 11) is 0. The number of halogens is 2. The number of aromatic nitrogens is 3. The number of carboxylic acids is 1. The first kappa shape index (κ1) is 22.1. The standard InChI is InChI=1S/C22H21Cl2N5O3/c23-15-8-4-13(5-9-15)17-12-18(14-6-10-16(24)11-7-14)29-22(25-17)27-21(28-29)26-19(30)2-1-3-20(31)32/h4-11,17-18H,1-3,12H2,(H,31,32)(H2,25,26,27,28,30)/t17-,18+/m1/s1. The Morgan fingerprint density at radius 3 is 2.28 bits per heavy atom. The molecule has 1 amide bonds. The van der Waals surface area contributed by atoms with Crippen LogP contribution in [0.25, 0.3) is 0 Å². The lowest BCUT2D eigenvalue weighted by Crippen LogP contribution is -2.28. The zero-order valence-corrected chi connectivity index (χ0v) is 18.5. The molecule has 2 atom stereocenters. The van der Waals surface area contributed by atoms with Gasteiger partial charge in [-0.1, -0.05) is 47.5 Å². The van der Waals surface area contributed by atoms with Gasteiger partial charge < -0.3 is 10.4 Å². The number of rotatable bonds is 7. The third-order valence-electron chi connectivity index (χ3n) is 5.26. The van der Waals surface area contributed by atoms with Gasteiger partial charge in [0.15, 0.2) is 0 Å². The minimum Gasteiger partial charge on any atom is -0.481 e. The maximum Gasteiger partial charge on any atom is 0.303 e. The molecule has 0 aliphatic carbocycles. The zero-order chi connectivity index (χ0) is 22.7. The van der Waals surface area contributed by atoms with Gasteiger partial charge in [0, 0.05) is 22.9 Å². The number of fused-ring (bicyclic) bond motifs is 1. The molecular formula is C22H21Cl2N5O3. The predicted molar refractivity (Wildman–Crippen MR) is 122 cm³/mol. The largest absolute Gasteiger partial charge is 0.481 e. The van der Waals surface area contributed by atoms with E-state index in [9.17, 15) is 9.59 Å². The number of hydrogen-bond acceptors (Lipinski definition) is 5. The van der Waals surface area contributed by atoms with Crippen molar-refractivity contribution in [2.24, 2.45) is 0 Å². The number of aliphatic carboxylic acids is 1. The summed E-state index contributed by atoms with van der Waals surface area (Å²) in [5.41, 5.74) is 2.07. The second-order valence-corrected chi connectivity index (χ2v) is 8.42. The topological polar surface area (TPSA) is 109 Å². The van der Waals surface area contributed by atoms with E-state index in [1.807, 2.05) is 48.5 Å². The van der Waals surface area contributed by atoms with E-state index in [2.05, 4.69) is 20.7 Å². The van der Waals surface area contributed by atoms with Gasteiger partial charge in [-0.2, -0.15) is 4.98 Å². The van der Waals surface area contributed by atoms with Gasteiger partial charge in [-0.25, -0.2) is 4.68 Å². The minimum atomic E-state index is -0.934. The van der Waals surface area contributed by atoms with E-state index >= 15 is 0 Å². The Hall–Kier alpha value is -3.10. The fraction of sp³-hybridized carbons (Fsp3) is 0.273. The fourth-order valence-electron chi connectivity index (χ4n) is 3.69. The third kappa shape index (κ3) is 5.20. The van der Waals surface area contributed by atoms with Crippen molar-refractivity contribution in [1.29, 1.82) is 0 Å². The number of hydrogen-bond donors (Lipinski definition) is 3. The van der Waals surface area contributed by atoms with Gasteiger partial charge in [-0.05, 0) is 48.2 Å². The third-order valence-corrected chi connectivity index (χ3v) is 5.77. The molecule has 0 saturated heterocycles. The molecule has 0 unspecified atom stereocenters. The average Bonchev–Trinajstić information content (AvgIpc) is 3.16. The minimum absolute atomic E-state index is 0.0382. The molecule has 0 fully saturated rings. The number of anilines is 2. The molecule has 1 aliphatic heterocycles. The zero-order valence-electron chi connectivity index (χ0n) is 17.0. The lowest BCUT2D eigenvalue weighted by Gasteiger charge is -2.31. The molecule has 1 aliphatic rings. The number of nitrogens with one attached hydrogen (secondary N) is 2. The number of benzene rings is 2.